The third kappa shape index (κ3) is 2.08. The van der Waals surface area contributed by atoms with Crippen molar-refractivity contribution in [1.29, 1.82) is 0 Å². The highest BCUT2D eigenvalue weighted by molar-refractivity contribution is 5.46. The van der Waals surface area contributed by atoms with Gasteiger partial charge in [0.2, 0.25) is 0 Å². The van der Waals surface area contributed by atoms with Crippen molar-refractivity contribution in [3.8, 4) is 0 Å². The maximum absolute atomic E-state index is 12.9. The monoisotopic (exact) mass is 254 g/mol. The van der Waals surface area contributed by atoms with Gasteiger partial charge in [-0.15, -0.1) is 0 Å². The van der Waals surface area contributed by atoms with Gasteiger partial charge in [-0.05, 0) is 36.3 Å². The lowest BCUT2D eigenvalue weighted by Gasteiger charge is -2.43. The molecule has 4 nitrogen and oxygen atoms in total. The van der Waals surface area contributed by atoms with Crippen molar-refractivity contribution in [2.45, 2.75) is 37.4 Å². The highest BCUT2D eigenvalue weighted by Gasteiger charge is 2.47. The molecule has 4 atom stereocenters. The lowest BCUT2D eigenvalue weighted by atomic mass is 9.68. The first-order valence-electron chi connectivity index (χ1n) is 6.14. The number of halogens is 1. The molecule has 1 aliphatic rings. The van der Waals surface area contributed by atoms with Crippen molar-refractivity contribution in [3.63, 3.8) is 0 Å². The molecule has 18 heavy (non-hydrogen) atoms. The van der Waals surface area contributed by atoms with Crippen molar-refractivity contribution in [2.75, 3.05) is 12.4 Å². The zero-order chi connectivity index (χ0) is 13.3. The average Bonchev–Trinajstić information content (AvgIpc) is 2.36. The zero-order valence-corrected chi connectivity index (χ0v) is 10.4. The second-order valence-corrected chi connectivity index (χ2v) is 5.21. The second kappa shape index (κ2) is 4.82. The van der Waals surface area contributed by atoms with Gasteiger partial charge in [0.15, 0.2) is 0 Å². The highest BCUT2D eigenvalue weighted by Crippen LogP contribution is 2.43. The van der Waals surface area contributed by atoms with Gasteiger partial charge in [-0.2, -0.15) is 0 Å². The quantitative estimate of drug-likeness (QED) is 0.742. The number of aliphatic hydroxyl groups excluding tert-OH is 1. The number of aliphatic hydroxyl groups is 2. The van der Waals surface area contributed by atoms with Crippen LogP contribution >= 0.6 is 0 Å². The largest absolute Gasteiger partial charge is 0.397 e. The van der Waals surface area contributed by atoms with Crippen LogP contribution < -0.4 is 5.73 Å². The molecule has 0 bridgehead atoms. The normalized spacial score (nSPS) is 36.6. The van der Waals surface area contributed by atoms with E-state index in [2.05, 4.69) is 4.98 Å². The summed E-state index contributed by atoms with van der Waals surface area (Å²) >= 11 is 0. The number of aromatic nitrogens is 1. The summed E-state index contributed by atoms with van der Waals surface area (Å²) in [6.07, 6.45) is 3.08. The minimum absolute atomic E-state index is 0.0322. The molecule has 1 aromatic rings. The first-order chi connectivity index (χ1) is 8.49. The predicted molar refractivity (Wildman–Crippen MR) is 66.7 cm³/mol. The number of hydrogen-bond donors (Lipinski definition) is 3. The summed E-state index contributed by atoms with van der Waals surface area (Å²) < 4.78 is 12.9. The van der Waals surface area contributed by atoms with Crippen LogP contribution in [0.1, 0.15) is 31.2 Å². The van der Waals surface area contributed by atoms with Crippen LogP contribution in [0.25, 0.3) is 0 Å². The first kappa shape index (κ1) is 13.2. The van der Waals surface area contributed by atoms with Crippen LogP contribution in [0.5, 0.6) is 0 Å². The fourth-order valence-electron chi connectivity index (χ4n) is 2.79. The smallest absolute Gasteiger partial charge is 0.121 e. The fourth-order valence-corrected chi connectivity index (χ4v) is 2.79. The summed E-state index contributed by atoms with van der Waals surface area (Å²) in [6, 6.07) is 1.82. The minimum Gasteiger partial charge on any atom is -0.397 e. The van der Waals surface area contributed by atoms with E-state index < -0.39 is 18.4 Å². The van der Waals surface area contributed by atoms with Crippen LogP contribution in [0, 0.1) is 5.92 Å². The van der Waals surface area contributed by atoms with Crippen molar-refractivity contribution in [2.24, 2.45) is 5.92 Å². The Bertz CT molecular complexity index is 415. The predicted octanol–water partition coefficient (Wildman–Crippen LogP) is 1.24. The number of hydrogen-bond acceptors (Lipinski definition) is 4. The Morgan fingerprint density at radius 3 is 2.83 bits per heavy atom. The van der Waals surface area contributed by atoms with Crippen molar-refractivity contribution in [3.05, 3.63) is 24.0 Å². The number of nitrogens with two attached hydrogens (primary N) is 1. The molecule has 0 saturated heterocycles. The Kier molecular flexibility index (Phi) is 3.54. The van der Waals surface area contributed by atoms with E-state index in [-0.39, 0.29) is 11.8 Å². The van der Waals surface area contributed by atoms with E-state index in [0.717, 1.165) is 5.56 Å². The van der Waals surface area contributed by atoms with E-state index in [0.29, 0.717) is 18.5 Å². The fraction of sp³-hybridized carbons (Fsp3) is 0.615. The molecule has 4 N–H and O–H groups in total. The second-order valence-electron chi connectivity index (χ2n) is 5.21. The van der Waals surface area contributed by atoms with E-state index in [1.54, 1.807) is 19.3 Å². The molecular formula is C13H19FN2O2. The molecular weight excluding hydrogens is 235 g/mol. The van der Waals surface area contributed by atoms with E-state index >= 15 is 0 Å². The van der Waals surface area contributed by atoms with Gasteiger partial charge in [0.1, 0.15) is 12.3 Å². The van der Waals surface area contributed by atoms with E-state index in [1.165, 1.54) is 0 Å². The molecule has 100 valence electrons. The van der Waals surface area contributed by atoms with Gasteiger partial charge in [0, 0.05) is 6.20 Å². The van der Waals surface area contributed by atoms with Crippen molar-refractivity contribution < 1.29 is 14.6 Å². The van der Waals surface area contributed by atoms with E-state index in [1.807, 2.05) is 6.07 Å². The lowest BCUT2D eigenvalue weighted by molar-refractivity contribution is -0.146. The third-order valence-corrected chi connectivity index (χ3v) is 4.12. The van der Waals surface area contributed by atoms with E-state index in [4.69, 9.17) is 5.73 Å². The SMILES string of the molecule is C[C@@H]1C[C@H](c2ccncc2N)C[C@H](O)[C@]1(O)CF. The molecule has 1 aliphatic carbocycles. The molecule has 1 heterocycles. The maximum atomic E-state index is 12.9. The summed E-state index contributed by atoms with van der Waals surface area (Å²) in [4.78, 5) is 3.93. The van der Waals surface area contributed by atoms with E-state index in [9.17, 15) is 14.6 Å². The van der Waals surface area contributed by atoms with Crippen LogP contribution in [0.15, 0.2) is 18.5 Å². The third-order valence-electron chi connectivity index (χ3n) is 4.12. The highest BCUT2D eigenvalue weighted by atomic mass is 19.1. The van der Waals surface area contributed by atoms with Gasteiger partial charge in [-0.3, -0.25) is 4.98 Å². The Morgan fingerprint density at radius 1 is 1.56 bits per heavy atom. The Morgan fingerprint density at radius 2 is 2.28 bits per heavy atom. The maximum Gasteiger partial charge on any atom is 0.121 e. The van der Waals surface area contributed by atoms with Gasteiger partial charge in [-0.25, -0.2) is 4.39 Å². The summed E-state index contributed by atoms with van der Waals surface area (Å²) in [5.41, 5.74) is 5.73. The van der Waals surface area contributed by atoms with Gasteiger partial charge >= 0.3 is 0 Å². The standard InChI is InChI=1S/C13H19FN2O2/c1-8-4-9(5-12(17)13(8,18)7-14)10-2-3-16-6-11(10)15/h2-3,6,8-9,12,17-18H,4-5,7,15H2,1H3/t8-,9+,12+,13+/m1/s1. The molecule has 1 fully saturated rings. The van der Waals surface area contributed by atoms with Crippen LogP contribution in [-0.4, -0.2) is 33.6 Å². The molecule has 0 spiro atoms. The van der Waals surface area contributed by atoms with Gasteiger partial charge in [-0.1, -0.05) is 6.92 Å². The number of rotatable bonds is 2. The molecule has 0 unspecified atom stereocenters. The number of nitrogens with zero attached hydrogens (tertiary/aromatic N) is 1. The molecule has 1 aromatic heterocycles. The summed E-state index contributed by atoms with van der Waals surface area (Å²) in [6.45, 7) is 0.834. The first-order valence-corrected chi connectivity index (χ1v) is 6.14. The number of alkyl halides is 1. The molecule has 1 saturated carbocycles. The summed E-state index contributed by atoms with van der Waals surface area (Å²) in [5.74, 6) is -0.284. The minimum atomic E-state index is -1.63. The molecule has 0 radical (unpaired) electrons. The molecule has 0 aliphatic heterocycles. The average molecular weight is 254 g/mol. The van der Waals surface area contributed by atoms with Crippen molar-refractivity contribution in [1.82, 2.24) is 4.98 Å². The van der Waals surface area contributed by atoms with Crippen LogP contribution in [-0.2, 0) is 0 Å². The molecule has 0 amide bonds. The zero-order valence-electron chi connectivity index (χ0n) is 10.4. The topological polar surface area (TPSA) is 79.4 Å². The number of anilines is 1. The number of nitrogen functional groups attached to an aromatic ring is 1. The molecule has 5 heteroatoms. The van der Waals surface area contributed by atoms with Gasteiger partial charge < -0.3 is 15.9 Å². The van der Waals surface area contributed by atoms with Crippen LogP contribution in [0.4, 0.5) is 10.1 Å². The summed E-state index contributed by atoms with van der Waals surface area (Å²) in [7, 11) is 0. The Balaban J connectivity index is 2.23. The summed E-state index contributed by atoms with van der Waals surface area (Å²) in [5, 5.41) is 20.1. The number of pyridine rings is 1. The van der Waals surface area contributed by atoms with Crippen LogP contribution in [0.2, 0.25) is 0 Å². The van der Waals surface area contributed by atoms with Gasteiger partial charge in [0.05, 0.1) is 18.0 Å². The Hall–Kier alpha value is -1.20. The Labute approximate surface area is 106 Å². The van der Waals surface area contributed by atoms with Crippen molar-refractivity contribution >= 4 is 5.69 Å². The van der Waals surface area contributed by atoms with Gasteiger partial charge in [0.25, 0.3) is 0 Å². The molecule has 0 aromatic carbocycles. The lowest BCUT2D eigenvalue weighted by Crippen LogP contribution is -2.53. The molecule has 2 rings (SSSR count). The van der Waals surface area contributed by atoms with Crippen LogP contribution in [0.3, 0.4) is 0 Å².